The minimum Gasteiger partial charge on any atom is -0.465 e. The maximum Gasteiger partial charge on any atom is 0.325 e. The molecule has 1 N–H and O–H groups in total. The number of ether oxygens (including phenoxy) is 1. The Labute approximate surface area is 166 Å². The first-order valence-electron chi connectivity index (χ1n) is 8.94. The number of amides is 1. The summed E-state index contributed by atoms with van der Waals surface area (Å²) in [5, 5.41) is 12.6. The number of nitrogens with zero attached hydrogens (tertiary/aromatic N) is 2. The van der Waals surface area contributed by atoms with Gasteiger partial charge in [-0.15, -0.1) is 0 Å². The van der Waals surface area contributed by atoms with Crippen LogP contribution in [0.3, 0.4) is 0 Å². The molecule has 6 nitrogen and oxygen atoms in total. The summed E-state index contributed by atoms with van der Waals surface area (Å²) in [6.45, 7) is 2.01. The van der Waals surface area contributed by atoms with Crippen LogP contribution in [0.4, 0.5) is 10.1 Å². The molecule has 146 valence electrons. The van der Waals surface area contributed by atoms with Crippen molar-refractivity contribution in [2.24, 2.45) is 0 Å². The van der Waals surface area contributed by atoms with E-state index < -0.39 is 11.7 Å². The molecule has 0 aliphatic carbocycles. The highest BCUT2D eigenvalue weighted by atomic mass is 19.1. The average Bonchev–Trinajstić information content (AvgIpc) is 3.05. The monoisotopic (exact) mass is 391 g/mol. The smallest absolute Gasteiger partial charge is 0.325 e. The molecule has 3 aromatic rings. The Morgan fingerprint density at radius 2 is 1.93 bits per heavy atom. The van der Waals surface area contributed by atoms with Crippen molar-refractivity contribution >= 4 is 34.5 Å². The fraction of sp³-hybridized carbons (Fsp3) is 0.136. The van der Waals surface area contributed by atoms with Gasteiger partial charge in [-0.25, -0.2) is 4.39 Å². The Morgan fingerprint density at radius 1 is 1.21 bits per heavy atom. The van der Waals surface area contributed by atoms with E-state index in [1.807, 2.05) is 30.3 Å². The number of benzene rings is 2. The molecule has 0 unspecified atom stereocenters. The molecule has 0 aliphatic rings. The largest absolute Gasteiger partial charge is 0.465 e. The van der Waals surface area contributed by atoms with Gasteiger partial charge in [0.05, 0.1) is 12.3 Å². The molecule has 7 heteroatoms. The number of esters is 1. The minimum absolute atomic E-state index is 0.00546. The van der Waals surface area contributed by atoms with E-state index >= 15 is 0 Å². The van der Waals surface area contributed by atoms with Gasteiger partial charge >= 0.3 is 5.97 Å². The summed E-state index contributed by atoms with van der Waals surface area (Å²) in [7, 11) is 0. The summed E-state index contributed by atoms with van der Waals surface area (Å²) in [6, 6.07) is 14.9. The Morgan fingerprint density at radius 3 is 2.66 bits per heavy atom. The summed E-state index contributed by atoms with van der Waals surface area (Å²) in [5.74, 6) is -1.70. The number of hydrogen-bond acceptors (Lipinski definition) is 4. The third-order valence-electron chi connectivity index (χ3n) is 4.21. The van der Waals surface area contributed by atoms with Crippen molar-refractivity contribution in [1.82, 2.24) is 4.57 Å². The predicted molar refractivity (Wildman–Crippen MR) is 107 cm³/mol. The number of nitrogens with one attached hydrogen (secondary N) is 1. The quantitative estimate of drug-likeness (QED) is 0.393. The van der Waals surface area contributed by atoms with Crippen molar-refractivity contribution in [2.75, 3.05) is 11.9 Å². The van der Waals surface area contributed by atoms with E-state index in [0.717, 1.165) is 10.9 Å². The molecule has 2 aromatic carbocycles. The number of halogens is 1. The van der Waals surface area contributed by atoms with E-state index in [-0.39, 0.29) is 30.4 Å². The molecule has 3 rings (SSSR count). The van der Waals surface area contributed by atoms with Crippen LogP contribution in [0.25, 0.3) is 17.0 Å². The first-order valence-corrected chi connectivity index (χ1v) is 8.94. The van der Waals surface area contributed by atoms with Gasteiger partial charge in [0.1, 0.15) is 24.0 Å². The number of carbonyl (C=O) groups excluding carboxylic acids is 2. The van der Waals surface area contributed by atoms with Crippen LogP contribution in [-0.2, 0) is 20.9 Å². The van der Waals surface area contributed by atoms with Gasteiger partial charge in [0, 0.05) is 22.7 Å². The van der Waals surface area contributed by atoms with Gasteiger partial charge in [-0.05, 0) is 31.2 Å². The summed E-state index contributed by atoms with van der Waals surface area (Å²) in [4.78, 5) is 24.3. The Balaban J connectivity index is 1.95. The number of anilines is 1. The minimum atomic E-state index is -0.722. The zero-order valence-electron chi connectivity index (χ0n) is 15.7. The fourth-order valence-corrected chi connectivity index (χ4v) is 2.92. The molecule has 0 fully saturated rings. The number of para-hydroxylation sites is 2. The molecule has 1 heterocycles. The van der Waals surface area contributed by atoms with E-state index in [1.54, 1.807) is 23.8 Å². The number of aromatic nitrogens is 1. The van der Waals surface area contributed by atoms with Crippen LogP contribution in [0.15, 0.2) is 60.3 Å². The van der Waals surface area contributed by atoms with Crippen LogP contribution in [-0.4, -0.2) is 23.1 Å². The van der Waals surface area contributed by atoms with Gasteiger partial charge in [0.25, 0.3) is 5.91 Å². The maximum absolute atomic E-state index is 13.8. The lowest BCUT2D eigenvalue weighted by Crippen LogP contribution is -2.14. The van der Waals surface area contributed by atoms with Crippen LogP contribution in [0.5, 0.6) is 0 Å². The molecule has 0 saturated heterocycles. The van der Waals surface area contributed by atoms with Gasteiger partial charge in [0.2, 0.25) is 0 Å². The predicted octanol–water partition coefficient (Wildman–Crippen LogP) is 3.89. The fourth-order valence-electron chi connectivity index (χ4n) is 2.92. The molecule has 1 amide bonds. The van der Waals surface area contributed by atoms with Crippen LogP contribution in [0.1, 0.15) is 12.5 Å². The van der Waals surface area contributed by atoms with Gasteiger partial charge < -0.3 is 14.6 Å². The van der Waals surface area contributed by atoms with Crippen molar-refractivity contribution in [2.45, 2.75) is 13.5 Å². The molecule has 0 spiro atoms. The van der Waals surface area contributed by atoms with Crippen LogP contribution >= 0.6 is 0 Å². The number of nitriles is 1. The second-order valence-corrected chi connectivity index (χ2v) is 6.14. The molecule has 0 saturated carbocycles. The molecule has 0 aliphatic heterocycles. The summed E-state index contributed by atoms with van der Waals surface area (Å²) < 4.78 is 20.5. The molecule has 0 radical (unpaired) electrons. The Hall–Kier alpha value is -3.92. The number of fused-ring (bicyclic) bond motifs is 1. The molecule has 1 aromatic heterocycles. The van der Waals surface area contributed by atoms with Gasteiger partial charge in [-0.3, -0.25) is 9.59 Å². The zero-order chi connectivity index (χ0) is 20.8. The SMILES string of the molecule is CCOC(=O)Cn1cc(/C=C(/C#N)C(=O)Nc2ccccc2F)c2ccccc21. The van der Waals surface area contributed by atoms with Crippen molar-refractivity contribution in [3.05, 3.63) is 71.7 Å². The van der Waals surface area contributed by atoms with Crippen molar-refractivity contribution < 1.29 is 18.7 Å². The molecular formula is C22H18FN3O3. The van der Waals surface area contributed by atoms with E-state index in [2.05, 4.69) is 5.32 Å². The second-order valence-electron chi connectivity index (χ2n) is 6.14. The Kier molecular flexibility index (Phi) is 6.05. The summed E-state index contributed by atoms with van der Waals surface area (Å²) in [5.41, 5.74) is 1.15. The molecular weight excluding hydrogens is 373 g/mol. The van der Waals surface area contributed by atoms with Crippen molar-refractivity contribution in [3.63, 3.8) is 0 Å². The van der Waals surface area contributed by atoms with E-state index in [4.69, 9.17) is 4.74 Å². The van der Waals surface area contributed by atoms with Gasteiger partial charge in [-0.1, -0.05) is 30.3 Å². The highest BCUT2D eigenvalue weighted by Crippen LogP contribution is 2.24. The van der Waals surface area contributed by atoms with Crippen molar-refractivity contribution in [1.29, 1.82) is 5.26 Å². The highest BCUT2D eigenvalue weighted by Gasteiger charge is 2.15. The number of hydrogen-bond donors (Lipinski definition) is 1. The third kappa shape index (κ3) is 4.50. The summed E-state index contributed by atoms with van der Waals surface area (Å²) in [6.07, 6.45) is 3.09. The lowest BCUT2D eigenvalue weighted by Gasteiger charge is -2.05. The van der Waals surface area contributed by atoms with E-state index in [9.17, 15) is 19.2 Å². The maximum atomic E-state index is 13.8. The van der Waals surface area contributed by atoms with E-state index in [0.29, 0.717) is 5.56 Å². The molecule has 29 heavy (non-hydrogen) atoms. The standard InChI is InChI=1S/C22H18FN3O3/c1-2-29-21(27)14-26-13-16(17-7-3-6-10-20(17)26)11-15(12-24)22(28)25-19-9-5-4-8-18(19)23/h3-11,13H,2,14H2,1H3,(H,25,28)/b15-11-. The van der Waals surface area contributed by atoms with Crippen LogP contribution in [0, 0.1) is 17.1 Å². The van der Waals surface area contributed by atoms with Crippen LogP contribution in [0.2, 0.25) is 0 Å². The van der Waals surface area contributed by atoms with Gasteiger partial charge in [0.15, 0.2) is 0 Å². The van der Waals surface area contributed by atoms with Crippen molar-refractivity contribution in [3.8, 4) is 6.07 Å². The average molecular weight is 391 g/mol. The normalized spacial score (nSPS) is 11.1. The molecule has 0 bridgehead atoms. The second kappa shape index (κ2) is 8.85. The lowest BCUT2D eigenvalue weighted by atomic mass is 10.1. The first kappa shape index (κ1) is 19.8. The Bertz CT molecular complexity index is 1140. The third-order valence-corrected chi connectivity index (χ3v) is 4.21. The summed E-state index contributed by atoms with van der Waals surface area (Å²) >= 11 is 0. The lowest BCUT2D eigenvalue weighted by molar-refractivity contribution is -0.143. The van der Waals surface area contributed by atoms with Gasteiger partial charge in [-0.2, -0.15) is 5.26 Å². The van der Waals surface area contributed by atoms with Crippen LogP contribution < -0.4 is 5.32 Å². The highest BCUT2D eigenvalue weighted by molar-refractivity contribution is 6.10. The zero-order valence-corrected chi connectivity index (χ0v) is 15.7. The first-order chi connectivity index (χ1) is 14.0. The van der Waals surface area contributed by atoms with E-state index in [1.165, 1.54) is 24.3 Å². The molecule has 0 atom stereocenters. The topological polar surface area (TPSA) is 84.1 Å². The number of carbonyl (C=O) groups is 2. The number of rotatable bonds is 6.